The molecular weight excluding hydrogens is 240 g/mol. The van der Waals surface area contributed by atoms with E-state index in [2.05, 4.69) is 10.4 Å². The third-order valence-corrected chi connectivity index (χ3v) is 3.01. The quantitative estimate of drug-likeness (QED) is 0.860. The molecule has 0 spiro atoms. The van der Waals surface area contributed by atoms with Gasteiger partial charge in [-0.05, 0) is 12.5 Å². The Morgan fingerprint density at radius 3 is 2.68 bits per heavy atom. The first kappa shape index (κ1) is 13.3. The van der Waals surface area contributed by atoms with Gasteiger partial charge in [0.05, 0.1) is 5.69 Å². The highest BCUT2D eigenvalue weighted by atomic mass is 16.2. The van der Waals surface area contributed by atoms with Gasteiger partial charge in [0.1, 0.15) is 6.04 Å². The summed E-state index contributed by atoms with van der Waals surface area (Å²) >= 11 is 0. The summed E-state index contributed by atoms with van der Waals surface area (Å²) in [6, 6.07) is 8.69. The molecule has 5 heteroatoms. The van der Waals surface area contributed by atoms with Crippen LogP contribution in [0.1, 0.15) is 22.9 Å². The molecule has 19 heavy (non-hydrogen) atoms. The van der Waals surface area contributed by atoms with E-state index >= 15 is 0 Å². The lowest BCUT2D eigenvalue weighted by Gasteiger charge is -2.12. The molecule has 2 rings (SSSR count). The summed E-state index contributed by atoms with van der Waals surface area (Å²) in [5.74, 6) is -0.186. The van der Waals surface area contributed by atoms with Crippen LogP contribution < -0.4 is 11.1 Å². The number of aromatic nitrogens is 2. The third kappa shape index (κ3) is 3.20. The van der Waals surface area contributed by atoms with E-state index in [4.69, 9.17) is 5.73 Å². The Balaban J connectivity index is 1.96. The number of aryl methyl sites for hydroxylation is 2. The molecule has 0 aliphatic heterocycles. The molecule has 3 N–H and O–H groups in total. The fraction of sp³-hybridized carbons (Fsp3) is 0.286. The summed E-state index contributed by atoms with van der Waals surface area (Å²) < 4.78 is 1.73. The highest BCUT2D eigenvalue weighted by Gasteiger charge is 2.15. The molecule has 1 atom stereocenters. The van der Waals surface area contributed by atoms with Crippen molar-refractivity contribution in [3.05, 3.63) is 53.3 Å². The summed E-state index contributed by atoms with van der Waals surface area (Å²) in [6.07, 6.45) is 1.89. The number of hydrogen-bond acceptors (Lipinski definition) is 3. The van der Waals surface area contributed by atoms with E-state index in [1.807, 2.05) is 50.5 Å². The van der Waals surface area contributed by atoms with Crippen molar-refractivity contribution in [3.8, 4) is 0 Å². The van der Waals surface area contributed by atoms with Crippen LogP contribution in [0.4, 0.5) is 0 Å². The lowest BCUT2D eigenvalue weighted by molar-refractivity contribution is -0.122. The van der Waals surface area contributed by atoms with Crippen molar-refractivity contribution in [2.24, 2.45) is 12.8 Å². The monoisotopic (exact) mass is 258 g/mol. The normalized spacial score (nSPS) is 12.2. The molecule has 1 aromatic carbocycles. The molecule has 1 aromatic heterocycles. The van der Waals surface area contributed by atoms with E-state index in [-0.39, 0.29) is 5.91 Å². The summed E-state index contributed by atoms with van der Waals surface area (Å²) in [7, 11) is 1.86. The van der Waals surface area contributed by atoms with Gasteiger partial charge < -0.3 is 11.1 Å². The predicted molar refractivity (Wildman–Crippen MR) is 73.2 cm³/mol. The van der Waals surface area contributed by atoms with E-state index in [0.717, 1.165) is 16.8 Å². The number of rotatable bonds is 4. The fourth-order valence-corrected chi connectivity index (χ4v) is 1.93. The lowest BCUT2D eigenvalue weighted by Crippen LogP contribution is -2.33. The molecule has 0 saturated heterocycles. The van der Waals surface area contributed by atoms with Gasteiger partial charge in [0.2, 0.25) is 5.91 Å². The number of carbonyl (C=O) groups excluding carboxylic acids is 1. The number of nitrogens with zero attached hydrogens (tertiary/aromatic N) is 2. The average Bonchev–Trinajstić information content (AvgIpc) is 2.74. The molecule has 0 bridgehead atoms. The molecule has 0 unspecified atom stereocenters. The van der Waals surface area contributed by atoms with Gasteiger partial charge >= 0.3 is 0 Å². The number of nitrogens with one attached hydrogen (secondary N) is 1. The Morgan fingerprint density at radius 1 is 1.42 bits per heavy atom. The largest absolute Gasteiger partial charge is 0.350 e. The van der Waals surface area contributed by atoms with Gasteiger partial charge in [-0.25, -0.2) is 0 Å². The summed E-state index contributed by atoms with van der Waals surface area (Å²) in [5.41, 5.74) is 8.63. The van der Waals surface area contributed by atoms with Crippen molar-refractivity contribution in [2.45, 2.75) is 19.5 Å². The highest BCUT2D eigenvalue weighted by Crippen LogP contribution is 2.10. The van der Waals surface area contributed by atoms with Crippen molar-refractivity contribution < 1.29 is 4.79 Å². The molecule has 1 heterocycles. The lowest BCUT2D eigenvalue weighted by atomic mass is 10.1. The van der Waals surface area contributed by atoms with Gasteiger partial charge in [-0.3, -0.25) is 9.48 Å². The minimum Gasteiger partial charge on any atom is -0.350 e. The van der Waals surface area contributed by atoms with Gasteiger partial charge in [0, 0.05) is 25.4 Å². The first-order valence-electron chi connectivity index (χ1n) is 6.15. The second kappa shape index (κ2) is 5.67. The SMILES string of the molecule is Cc1nn(C)cc1CNC(=O)[C@H](N)c1ccccc1. The van der Waals surface area contributed by atoms with Crippen LogP contribution in [0.3, 0.4) is 0 Å². The van der Waals surface area contributed by atoms with Crippen LogP contribution in [-0.2, 0) is 18.4 Å². The molecule has 0 fully saturated rings. The van der Waals surface area contributed by atoms with Crippen LogP contribution in [0.5, 0.6) is 0 Å². The van der Waals surface area contributed by atoms with E-state index in [0.29, 0.717) is 6.54 Å². The number of hydrogen-bond donors (Lipinski definition) is 2. The molecule has 100 valence electrons. The van der Waals surface area contributed by atoms with Gasteiger partial charge in [-0.15, -0.1) is 0 Å². The van der Waals surface area contributed by atoms with Crippen LogP contribution in [0.25, 0.3) is 0 Å². The Labute approximate surface area is 112 Å². The first-order chi connectivity index (χ1) is 9.08. The number of carbonyl (C=O) groups is 1. The molecule has 5 nitrogen and oxygen atoms in total. The molecule has 0 aliphatic rings. The van der Waals surface area contributed by atoms with Crippen LogP contribution in [0.2, 0.25) is 0 Å². The minimum atomic E-state index is -0.641. The highest BCUT2D eigenvalue weighted by molar-refractivity contribution is 5.82. The number of benzene rings is 1. The van der Waals surface area contributed by atoms with E-state index < -0.39 is 6.04 Å². The molecule has 2 aromatic rings. The van der Waals surface area contributed by atoms with Crippen LogP contribution in [0, 0.1) is 6.92 Å². The predicted octanol–water partition coefficient (Wildman–Crippen LogP) is 1.04. The summed E-state index contributed by atoms with van der Waals surface area (Å²) in [6.45, 7) is 2.36. The Hall–Kier alpha value is -2.14. The Morgan fingerprint density at radius 2 is 2.11 bits per heavy atom. The number of nitrogens with two attached hydrogens (primary N) is 1. The fourth-order valence-electron chi connectivity index (χ4n) is 1.93. The Kier molecular flexibility index (Phi) is 3.97. The maximum Gasteiger partial charge on any atom is 0.241 e. The molecular formula is C14H18N4O. The van der Waals surface area contributed by atoms with Crippen molar-refractivity contribution in [1.82, 2.24) is 15.1 Å². The van der Waals surface area contributed by atoms with Crippen LogP contribution >= 0.6 is 0 Å². The van der Waals surface area contributed by atoms with Crippen molar-refractivity contribution in [1.29, 1.82) is 0 Å². The molecule has 0 saturated carbocycles. The van der Waals surface area contributed by atoms with Crippen molar-refractivity contribution in [2.75, 3.05) is 0 Å². The second-order valence-corrected chi connectivity index (χ2v) is 4.52. The van der Waals surface area contributed by atoms with Gasteiger partial charge in [0.15, 0.2) is 0 Å². The molecule has 1 amide bonds. The first-order valence-corrected chi connectivity index (χ1v) is 6.15. The standard InChI is InChI=1S/C14H18N4O/c1-10-12(9-18(2)17-10)8-16-14(19)13(15)11-6-4-3-5-7-11/h3-7,9,13H,8,15H2,1-2H3,(H,16,19)/t13-/m1/s1. The summed E-state index contributed by atoms with van der Waals surface area (Å²) in [4.78, 5) is 12.0. The Bertz CT molecular complexity index is 562. The molecule has 0 aliphatic carbocycles. The van der Waals surface area contributed by atoms with Crippen LogP contribution in [-0.4, -0.2) is 15.7 Å². The zero-order valence-electron chi connectivity index (χ0n) is 11.1. The maximum absolute atomic E-state index is 12.0. The summed E-state index contributed by atoms with van der Waals surface area (Å²) in [5, 5.41) is 7.06. The smallest absolute Gasteiger partial charge is 0.241 e. The van der Waals surface area contributed by atoms with Crippen molar-refractivity contribution >= 4 is 5.91 Å². The van der Waals surface area contributed by atoms with Crippen molar-refractivity contribution in [3.63, 3.8) is 0 Å². The number of amides is 1. The van der Waals surface area contributed by atoms with E-state index in [9.17, 15) is 4.79 Å². The van der Waals surface area contributed by atoms with E-state index in [1.165, 1.54) is 0 Å². The zero-order chi connectivity index (χ0) is 13.8. The van der Waals surface area contributed by atoms with Crippen LogP contribution in [0.15, 0.2) is 36.5 Å². The molecule has 0 radical (unpaired) electrons. The van der Waals surface area contributed by atoms with E-state index in [1.54, 1.807) is 4.68 Å². The zero-order valence-corrected chi connectivity index (χ0v) is 11.1. The van der Waals surface area contributed by atoms with Gasteiger partial charge in [0.25, 0.3) is 0 Å². The topological polar surface area (TPSA) is 72.9 Å². The van der Waals surface area contributed by atoms with Gasteiger partial charge in [-0.2, -0.15) is 5.10 Å². The minimum absolute atomic E-state index is 0.186. The average molecular weight is 258 g/mol. The second-order valence-electron chi connectivity index (χ2n) is 4.52. The van der Waals surface area contributed by atoms with Gasteiger partial charge in [-0.1, -0.05) is 30.3 Å². The maximum atomic E-state index is 12.0. The third-order valence-electron chi connectivity index (χ3n) is 3.01.